The van der Waals surface area contributed by atoms with Crippen LogP contribution in [0.25, 0.3) is 0 Å². The monoisotopic (exact) mass is 267 g/mol. The van der Waals surface area contributed by atoms with E-state index in [2.05, 4.69) is 19.2 Å². The molecule has 1 aromatic rings. The standard InChI is InChI=1S/C14H25N3O2/c1-4-17-9-11(15)8-12(17)13(19)16-10-14(2,3)6-5-7-18/h8-9,18H,4-7,10,15H2,1-3H3,(H,16,19). The topological polar surface area (TPSA) is 80.3 Å². The molecule has 0 atom stereocenters. The number of aryl methyl sites for hydroxylation is 1. The fourth-order valence-electron chi connectivity index (χ4n) is 2.04. The number of rotatable bonds is 7. The summed E-state index contributed by atoms with van der Waals surface area (Å²) in [5.41, 5.74) is 6.89. The number of hydrogen-bond acceptors (Lipinski definition) is 3. The van der Waals surface area contributed by atoms with Crippen molar-refractivity contribution in [2.45, 2.75) is 40.2 Å². The average molecular weight is 267 g/mol. The van der Waals surface area contributed by atoms with Crippen LogP contribution >= 0.6 is 0 Å². The van der Waals surface area contributed by atoms with Gasteiger partial charge in [0.1, 0.15) is 5.69 Å². The second-order valence-electron chi connectivity index (χ2n) is 5.62. The molecule has 0 saturated carbocycles. The molecule has 0 aromatic carbocycles. The molecule has 0 unspecified atom stereocenters. The van der Waals surface area contributed by atoms with Crippen molar-refractivity contribution in [3.63, 3.8) is 0 Å². The average Bonchev–Trinajstić information content (AvgIpc) is 2.75. The number of aromatic nitrogens is 1. The van der Waals surface area contributed by atoms with Crippen LogP contribution in [-0.2, 0) is 6.54 Å². The molecular formula is C14H25N3O2. The Morgan fingerprint density at radius 3 is 2.79 bits per heavy atom. The van der Waals surface area contributed by atoms with Crippen LogP contribution in [0.4, 0.5) is 5.69 Å². The van der Waals surface area contributed by atoms with E-state index >= 15 is 0 Å². The van der Waals surface area contributed by atoms with Crippen molar-refractivity contribution in [2.24, 2.45) is 5.41 Å². The van der Waals surface area contributed by atoms with E-state index in [0.29, 0.717) is 24.5 Å². The van der Waals surface area contributed by atoms with Crippen LogP contribution in [0.5, 0.6) is 0 Å². The highest BCUT2D eigenvalue weighted by Crippen LogP contribution is 2.21. The van der Waals surface area contributed by atoms with Crippen molar-refractivity contribution in [3.8, 4) is 0 Å². The highest BCUT2D eigenvalue weighted by atomic mass is 16.2. The summed E-state index contributed by atoms with van der Waals surface area (Å²) in [5, 5.41) is 11.8. The first-order valence-electron chi connectivity index (χ1n) is 6.74. The summed E-state index contributed by atoms with van der Waals surface area (Å²) in [6, 6.07) is 1.69. The van der Waals surface area contributed by atoms with Crippen LogP contribution in [0.2, 0.25) is 0 Å². The minimum absolute atomic E-state index is 0.0203. The van der Waals surface area contributed by atoms with E-state index in [0.717, 1.165) is 12.8 Å². The molecule has 5 nitrogen and oxygen atoms in total. The molecule has 19 heavy (non-hydrogen) atoms. The molecule has 0 bridgehead atoms. The normalized spacial score (nSPS) is 11.6. The maximum atomic E-state index is 12.1. The number of aliphatic hydroxyl groups is 1. The zero-order chi connectivity index (χ0) is 14.5. The van der Waals surface area contributed by atoms with Crippen molar-refractivity contribution in [3.05, 3.63) is 18.0 Å². The van der Waals surface area contributed by atoms with E-state index < -0.39 is 0 Å². The van der Waals surface area contributed by atoms with E-state index in [1.807, 2.05) is 11.5 Å². The number of nitrogens with one attached hydrogen (secondary N) is 1. The van der Waals surface area contributed by atoms with Gasteiger partial charge in [0.15, 0.2) is 0 Å². The lowest BCUT2D eigenvalue weighted by Crippen LogP contribution is -2.35. The summed E-state index contributed by atoms with van der Waals surface area (Å²) in [5.74, 6) is -0.101. The van der Waals surface area contributed by atoms with Crippen LogP contribution in [0.3, 0.4) is 0 Å². The molecule has 1 rings (SSSR count). The molecule has 0 aliphatic rings. The number of hydrogen-bond donors (Lipinski definition) is 3. The van der Waals surface area contributed by atoms with Gasteiger partial charge in [0, 0.05) is 25.9 Å². The minimum Gasteiger partial charge on any atom is -0.397 e. The summed E-state index contributed by atoms with van der Waals surface area (Å²) in [7, 11) is 0. The maximum Gasteiger partial charge on any atom is 0.268 e. The largest absolute Gasteiger partial charge is 0.397 e. The number of nitrogens with zero attached hydrogens (tertiary/aromatic N) is 1. The highest BCUT2D eigenvalue weighted by Gasteiger charge is 2.20. The minimum atomic E-state index is -0.101. The summed E-state index contributed by atoms with van der Waals surface area (Å²) < 4.78 is 1.84. The predicted octanol–water partition coefficient (Wildman–Crippen LogP) is 1.62. The zero-order valence-corrected chi connectivity index (χ0v) is 12.1. The molecule has 5 heteroatoms. The van der Waals surface area contributed by atoms with Gasteiger partial charge < -0.3 is 20.7 Å². The second kappa shape index (κ2) is 6.61. The number of nitrogens with two attached hydrogens (primary N) is 1. The lowest BCUT2D eigenvalue weighted by molar-refractivity contribution is 0.0923. The Bertz CT molecular complexity index is 424. The number of aliphatic hydroxyl groups excluding tert-OH is 1. The van der Waals surface area contributed by atoms with E-state index in [1.54, 1.807) is 12.3 Å². The third kappa shape index (κ3) is 4.59. The fraction of sp³-hybridized carbons (Fsp3) is 0.643. The van der Waals surface area contributed by atoms with E-state index in [-0.39, 0.29) is 17.9 Å². The summed E-state index contributed by atoms with van der Waals surface area (Å²) in [6.45, 7) is 7.62. The Morgan fingerprint density at radius 1 is 1.53 bits per heavy atom. The summed E-state index contributed by atoms with van der Waals surface area (Å²) in [6.07, 6.45) is 3.40. The van der Waals surface area contributed by atoms with Crippen molar-refractivity contribution >= 4 is 11.6 Å². The van der Waals surface area contributed by atoms with Gasteiger partial charge in [0.2, 0.25) is 0 Å². The first-order valence-corrected chi connectivity index (χ1v) is 6.74. The Hall–Kier alpha value is -1.49. The Labute approximate surface area is 114 Å². The molecule has 4 N–H and O–H groups in total. The maximum absolute atomic E-state index is 12.1. The molecule has 1 amide bonds. The van der Waals surface area contributed by atoms with Gasteiger partial charge in [-0.1, -0.05) is 13.8 Å². The molecule has 108 valence electrons. The van der Waals surface area contributed by atoms with Gasteiger partial charge in [0.25, 0.3) is 5.91 Å². The molecule has 0 spiro atoms. The van der Waals surface area contributed by atoms with Gasteiger partial charge in [-0.3, -0.25) is 4.79 Å². The quantitative estimate of drug-likeness (QED) is 0.702. The zero-order valence-electron chi connectivity index (χ0n) is 12.1. The van der Waals surface area contributed by atoms with Gasteiger partial charge >= 0.3 is 0 Å². The van der Waals surface area contributed by atoms with Crippen molar-refractivity contribution < 1.29 is 9.90 Å². The highest BCUT2D eigenvalue weighted by molar-refractivity contribution is 5.93. The van der Waals surface area contributed by atoms with Crippen LogP contribution in [0, 0.1) is 5.41 Å². The van der Waals surface area contributed by atoms with Gasteiger partial charge in [-0.05, 0) is 31.2 Å². The van der Waals surface area contributed by atoms with E-state index in [4.69, 9.17) is 10.8 Å². The first-order chi connectivity index (χ1) is 8.89. The van der Waals surface area contributed by atoms with E-state index in [9.17, 15) is 4.79 Å². The Morgan fingerprint density at radius 2 is 2.21 bits per heavy atom. The van der Waals surface area contributed by atoms with Crippen LogP contribution in [-0.4, -0.2) is 28.7 Å². The fourth-order valence-corrected chi connectivity index (χ4v) is 2.04. The number of anilines is 1. The molecule has 1 heterocycles. The van der Waals surface area contributed by atoms with Crippen molar-refractivity contribution in [1.82, 2.24) is 9.88 Å². The van der Waals surface area contributed by atoms with Gasteiger partial charge in [-0.15, -0.1) is 0 Å². The van der Waals surface area contributed by atoms with Gasteiger partial charge in [0.05, 0.1) is 5.69 Å². The molecule has 1 aromatic heterocycles. The number of nitrogen functional groups attached to an aromatic ring is 1. The number of amides is 1. The Balaban J connectivity index is 2.60. The molecule has 0 saturated heterocycles. The third-order valence-electron chi connectivity index (χ3n) is 3.23. The van der Waals surface area contributed by atoms with E-state index in [1.165, 1.54) is 0 Å². The smallest absolute Gasteiger partial charge is 0.268 e. The molecular weight excluding hydrogens is 242 g/mol. The van der Waals surface area contributed by atoms with Crippen LogP contribution in [0.15, 0.2) is 12.3 Å². The predicted molar refractivity (Wildman–Crippen MR) is 77.0 cm³/mol. The number of carbonyl (C=O) groups is 1. The molecule has 0 aliphatic heterocycles. The SMILES string of the molecule is CCn1cc(N)cc1C(=O)NCC(C)(C)CCCO. The third-order valence-corrected chi connectivity index (χ3v) is 3.23. The molecule has 0 radical (unpaired) electrons. The van der Waals surface area contributed by atoms with Crippen LogP contribution < -0.4 is 11.1 Å². The van der Waals surface area contributed by atoms with Crippen molar-refractivity contribution in [1.29, 1.82) is 0 Å². The van der Waals surface area contributed by atoms with Crippen LogP contribution in [0.1, 0.15) is 44.1 Å². The van der Waals surface area contributed by atoms with Crippen molar-refractivity contribution in [2.75, 3.05) is 18.9 Å². The number of carbonyl (C=O) groups excluding carboxylic acids is 1. The lowest BCUT2D eigenvalue weighted by Gasteiger charge is -2.24. The first kappa shape index (κ1) is 15.6. The summed E-state index contributed by atoms with van der Waals surface area (Å²) in [4.78, 5) is 12.1. The molecule has 0 fully saturated rings. The molecule has 0 aliphatic carbocycles. The summed E-state index contributed by atoms with van der Waals surface area (Å²) >= 11 is 0. The lowest BCUT2D eigenvalue weighted by atomic mass is 9.88. The van der Waals surface area contributed by atoms with Gasteiger partial charge in [-0.2, -0.15) is 0 Å². The van der Waals surface area contributed by atoms with Gasteiger partial charge in [-0.25, -0.2) is 0 Å². The Kier molecular flexibility index (Phi) is 5.42. The second-order valence-corrected chi connectivity index (χ2v) is 5.62.